The highest BCUT2D eigenvalue weighted by Gasteiger charge is 2.39. The zero-order valence-corrected chi connectivity index (χ0v) is 13.4. The zero-order valence-electron chi connectivity index (χ0n) is 13.4. The molecule has 0 saturated carbocycles. The topological polar surface area (TPSA) is 28.2 Å². The van der Waals surface area contributed by atoms with Crippen molar-refractivity contribution in [1.82, 2.24) is 15.2 Å². The Balaban J connectivity index is 2.17. The highest BCUT2D eigenvalue weighted by molar-refractivity contribution is 5.07. The third kappa shape index (κ3) is 3.21. The van der Waals surface area contributed by atoms with E-state index in [0.29, 0.717) is 12.0 Å². The van der Waals surface area contributed by atoms with Gasteiger partial charge in [-0.15, -0.1) is 0 Å². The van der Waals surface area contributed by atoms with Crippen molar-refractivity contribution < 1.29 is 0 Å². The molecular weight excluding hydrogens is 246 g/mol. The SMILES string of the molecule is CCC1(CC)CNC(C(C)C)CN1Cc1ccccn1. The molecule has 1 N–H and O–H groups in total. The van der Waals surface area contributed by atoms with Gasteiger partial charge in [0, 0.05) is 37.4 Å². The maximum absolute atomic E-state index is 4.51. The molecule has 1 fully saturated rings. The third-order valence-corrected chi connectivity index (χ3v) is 4.98. The summed E-state index contributed by atoms with van der Waals surface area (Å²) in [6.07, 6.45) is 4.28. The van der Waals surface area contributed by atoms with E-state index in [0.717, 1.165) is 19.6 Å². The van der Waals surface area contributed by atoms with Crippen LogP contribution in [0, 0.1) is 5.92 Å². The van der Waals surface area contributed by atoms with Crippen molar-refractivity contribution in [3.8, 4) is 0 Å². The normalized spacial score (nSPS) is 23.1. The number of aromatic nitrogens is 1. The van der Waals surface area contributed by atoms with E-state index in [-0.39, 0.29) is 5.54 Å². The summed E-state index contributed by atoms with van der Waals surface area (Å²) >= 11 is 0. The van der Waals surface area contributed by atoms with Crippen molar-refractivity contribution >= 4 is 0 Å². The predicted octanol–water partition coefficient (Wildman–Crippen LogP) is 3.07. The molecule has 2 rings (SSSR count). The van der Waals surface area contributed by atoms with Gasteiger partial charge in [-0.1, -0.05) is 33.8 Å². The van der Waals surface area contributed by atoms with Gasteiger partial charge in [-0.25, -0.2) is 0 Å². The molecule has 0 aromatic carbocycles. The van der Waals surface area contributed by atoms with Crippen molar-refractivity contribution in [1.29, 1.82) is 0 Å². The molecule has 1 saturated heterocycles. The molecule has 0 radical (unpaired) electrons. The van der Waals surface area contributed by atoms with Crippen LogP contribution in [0.3, 0.4) is 0 Å². The van der Waals surface area contributed by atoms with Gasteiger partial charge >= 0.3 is 0 Å². The average molecular weight is 275 g/mol. The summed E-state index contributed by atoms with van der Waals surface area (Å²) in [5, 5.41) is 3.76. The zero-order chi connectivity index (χ0) is 14.6. The highest BCUT2D eigenvalue weighted by atomic mass is 15.3. The van der Waals surface area contributed by atoms with Crippen molar-refractivity contribution in [3.05, 3.63) is 30.1 Å². The van der Waals surface area contributed by atoms with Crippen LogP contribution in [-0.2, 0) is 6.54 Å². The Kier molecular flexibility index (Phi) is 5.17. The standard InChI is InChI=1S/C17H29N3/c1-5-17(6-2)13-19-16(14(3)4)12-20(17)11-15-9-7-8-10-18-15/h7-10,14,16,19H,5-6,11-13H2,1-4H3. The molecule has 1 aliphatic rings. The molecule has 3 heteroatoms. The van der Waals surface area contributed by atoms with E-state index >= 15 is 0 Å². The van der Waals surface area contributed by atoms with E-state index in [1.165, 1.54) is 18.5 Å². The smallest absolute Gasteiger partial charge is 0.0544 e. The molecule has 20 heavy (non-hydrogen) atoms. The van der Waals surface area contributed by atoms with Crippen LogP contribution in [-0.4, -0.2) is 34.6 Å². The predicted molar refractivity (Wildman–Crippen MR) is 84.6 cm³/mol. The summed E-state index contributed by atoms with van der Waals surface area (Å²) in [4.78, 5) is 7.18. The van der Waals surface area contributed by atoms with Crippen molar-refractivity contribution in [2.75, 3.05) is 13.1 Å². The minimum Gasteiger partial charge on any atom is -0.311 e. The van der Waals surface area contributed by atoms with Gasteiger partial charge in [-0.05, 0) is 30.9 Å². The molecule has 0 amide bonds. The lowest BCUT2D eigenvalue weighted by molar-refractivity contribution is 0.0147. The van der Waals surface area contributed by atoms with E-state index in [2.05, 4.69) is 55.0 Å². The van der Waals surface area contributed by atoms with E-state index in [1.54, 1.807) is 0 Å². The van der Waals surface area contributed by atoms with Gasteiger partial charge in [-0.2, -0.15) is 0 Å². The molecule has 2 heterocycles. The summed E-state index contributed by atoms with van der Waals surface area (Å²) in [5.74, 6) is 0.674. The molecule has 1 unspecified atom stereocenters. The van der Waals surface area contributed by atoms with Crippen LogP contribution in [0.2, 0.25) is 0 Å². The van der Waals surface area contributed by atoms with Crippen LogP contribution < -0.4 is 5.32 Å². The fourth-order valence-corrected chi connectivity index (χ4v) is 3.24. The van der Waals surface area contributed by atoms with Gasteiger partial charge < -0.3 is 5.32 Å². The van der Waals surface area contributed by atoms with Crippen molar-refractivity contribution in [2.45, 2.75) is 58.7 Å². The van der Waals surface area contributed by atoms with Crippen LogP contribution in [0.25, 0.3) is 0 Å². The van der Waals surface area contributed by atoms with Crippen LogP contribution in [0.4, 0.5) is 0 Å². The average Bonchev–Trinajstić information content (AvgIpc) is 2.48. The molecule has 0 aliphatic carbocycles. The second-order valence-electron chi connectivity index (χ2n) is 6.36. The van der Waals surface area contributed by atoms with Gasteiger partial charge in [0.25, 0.3) is 0 Å². The fourth-order valence-electron chi connectivity index (χ4n) is 3.24. The highest BCUT2D eigenvalue weighted by Crippen LogP contribution is 2.29. The number of hydrogen-bond donors (Lipinski definition) is 1. The second-order valence-corrected chi connectivity index (χ2v) is 6.36. The minimum atomic E-state index is 0.281. The van der Waals surface area contributed by atoms with Crippen molar-refractivity contribution in [2.24, 2.45) is 5.92 Å². The number of nitrogens with one attached hydrogen (secondary N) is 1. The third-order valence-electron chi connectivity index (χ3n) is 4.98. The number of rotatable bonds is 5. The van der Waals surface area contributed by atoms with Crippen LogP contribution in [0.1, 0.15) is 46.2 Å². The summed E-state index contributed by atoms with van der Waals surface area (Å²) in [6, 6.07) is 6.81. The van der Waals surface area contributed by atoms with E-state index in [1.807, 2.05) is 12.3 Å². The lowest BCUT2D eigenvalue weighted by Gasteiger charge is -2.50. The lowest BCUT2D eigenvalue weighted by Crippen LogP contribution is -2.64. The van der Waals surface area contributed by atoms with Crippen LogP contribution in [0.5, 0.6) is 0 Å². The Hall–Kier alpha value is -0.930. The van der Waals surface area contributed by atoms with E-state index in [4.69, 9.17) is 0 Å². The Morgan fingerprint density at radius 1 is 1.35 bits per heavy atom. The second kappa shape index (κ2) is 6.68. The number of hydrogen-bond acceptors (Lipinski definition) is 3. The van der Waals surface area contributed by atoms with Gasteiger partial charge in [-0.3, -0.25) is 9.88 Å². The first-order chi connectivity index (χ1) is 9.61. The lowest BCUT2D eigenvalue weighted by atomic mass is 9.85. The molecule has 1 atom stereocenters. The quantitative estimate of drug-likeness (QED) is 0.895. The van der Waals surface area contributed by atoms with Gasteiger partial charge in [0.2, 0.25) is 0 Å². The van der Waals surface area contributed by atoms with Gasteiger partial charge in [0.15, 0.2) is 0 Å². The molecule has 112 valence electrons. The monoisotopic (exact) mass is 275 g/mol. The fraction of sp³-hybridized carbons (Fsp3) is 0.706. The number of piperazine rings is 1. The first-order valence-electron chi connectivity index (χ1n) is 7.99. The molecule has 1 aromatic heterocycles. The summed E-state index contributed by atoms with van der Waals surface area (Å²) in [7, 11) is 0. The van der Waals surface area contributed by atoms with E-state index in [9.17, 15) is 0 Å². The number of nitrogens with zero attached hydrogens (tertiary/aromatic N) is 2. The Morgan fingerprint density at radius 2 is 2.10 bits per heavy atom. The Labute approximate surface area is 123 Å². The summed E-state index contributed by atoms with van der Waals surface area (Å²) < 4.78 is 0. The number of pyridine rings is 1. The molecule has 3 nitrogen and oxygen atoms in total. The minimum absolute atomic E-state index is 0.281. The molecular formula is C17H29N3. The molecule has 1 aliphatic heterocycles. The molecule has 0 spiro atoms. The Morgan fingerprint density at radius 3 is 2.65 bits per heavy atom. The van der Waals surface area contributed by atoms with E-state index < -0.39 is 0 Å². The maximum Gasteiger partial charge on any atom is 0.0544 e. The largest absolute Gasteiger partial charge is 0.311 e. The van der Waals surface area contributed by atoms with Gasteiger partial charge in [0.05, 0.1) is 5.69 Å². The van der Waals surface area contributed by atoms with Gasteiger partial charge in [0.1, 0.15) is 0 Å². The first-order valence-corrected chi connectivity index (χ1v) is 7.99. The van der Waals surface area contributed by atoms with Crippen molar-refractivity contribution in [3.63, 3.8) is 0 Å². The maximum atomic E-state index is 4.51. The van der Waals surface area contributed by atoms with Crippen LogP contribution >= 0.6 is 0 Å². The Bertz CT molecular complexity index is 398. The van der Waals surface area contributed by atoms with Crippen LogP contribution in [0.15, 0.2) is 24.4 Å². The summed E-state index contributed by atoms with van der Waals surface area (Å²) in [6.45, 7) is 12.4. The molecule has 1 aromatic rings. The summed E-state index contributed by atoms with van der Waals surface area (Å²) in [5.41, 5.74) is 1.46. The molecule has 0 bridgehead atoms. The first kappa shape index (κ1) is 15.5.